The molecule has 0 aliphatic carbocycles. The van der Waals surface area contributed by atoms with Gasteiger partial charge in [-0.3, -0.25) is 0 Å². The van der Waals surface area contributed by atoms with Crippen LogP contribution in [0.15, 0.2) is 36.4 Å². The molecule has 0 aliphatic rings. The Morgan fingerprint density at radius 1 is 1.24 bits per heavy atom. The Kier molecular flexibility index (Phi) is 3.37. The molecule has 0 unspecified atom stereocenters. The molecule has 0 atom stereocenters. The molecule has 21 heavy (non-hydrogen) atoms. The van der Waals surface area contributed by atoms with Crippen molar-refractivity contribution in [2.45, 2.75) is 26.8 Å². The molecule has 0 saturated heterocycles. The van der Waals surface area contributed by atoms with E-state index in [2.05, 4.69) is 11.9 Å². The fourth-order valence-corrected chi connectivity index (χ4v) is 2.60. The third kappa shape index (κ3) is 2.27. The van der Waals surface area contributed by atoms with Crippen LogP contribution in [-0.2, 0) is 6.54 Å². The van der Waals surface area contributed by atoms with Crippen LogP contribution in [0.5, 0.6) is 5.75 Å². The average Bonchev–Trinajstić information content (AvgIpc) is 2.80. The number of fused-ring (bicyclic) bond motifs is 1. The number of phenols is 1. The van der Waals surface area contributed by atoms with E-state index in [4.69, 9.17) is 0 Å². The predicted molar refractivity (Wildman–Crippen MR) is 81.8 cm³/mol. The van der Waals surface area contributed by atoms with Gasteiger partial charge in [-0.1, -0.05) is 19.1 Å². The first-order chi connectivity index (χ1) is 10.1. The average molecular weight is 284 g/mol. The lowest BCUT2D eigenvalue weighted by molar-refractivity contribution is 0.472. The van der Waals surface area contributed by atoms with Crippen molar-refractivity contribution in [2.75, 3.05) is 0 Å². The minimum atomic E-state index is -0.302. The largest absolute Gasteiger partial charge is 0.507 e. The van der Waals surface area contributed by atoms with Gasteiger partial charge < -0.3 is 9.67 Å². The lowest BCUT2D eigenvalue weighted by Gasteiger charge is -2.10. The van der Waals surface area contributed by atoms with E-state index < -0.39 is 0 Å². The van der Waals surface area contributed by atoms with Crippen molar-refractivity contribution in [1.29, 1.82) is 0 Å². The number of hydrogen-bond acceptors (Lipinski definition) is 2. The van der Waals surface area contributed by atoms with E-state index in [-0.39, 0.29) is 11.6 Å². The van der Waals surface area contributed by atoms with Gasteiger partial charge in [0, 0.05) is 12.6 Å². The summed E-state index contributed by atoms with van der Waals surface area (Å²) in [6.45, 7) is 4.70. The third-order valence-electron chi connectivity index (χ3n) is 3.64. The summed E-state index contributed by atoms with van der Waals surface area (Å²) >= 11 is 0. The van der Waals surface area contributed by atoms with Gasteiger partial charge in [-0.25, -0.2) is 9.37 Å². The summed E-state index contributed by atoms with van der Waals surface area (Å²) in [4.78, 5) is 4.53. The van der Waals surface area contributed by atoms with E-state index in [1.807, 2.05) is 29.7 Å². The molecule has 4 heteroatoms. The van der Waals surface area contributed by atoms with Gasteiger partial charge in [0.2, 0.25) is 0 Å². The Hall–Kier alpha value is -2.36. The Morgan fingerprint density at radius 2 is 2.05 bits per heavy atom. The van der Waals surface area contributed by atoms with Gasteiger partial charge in [-0.05, 0) is 37.1 Å². The van der Waals surface area contributed by atoms with Gasteiger partial charge in [0.1, 0.15) is 17.4 Å². The number of halogens is 1. The number of para-hydroxylation sites is 1. The van der Waals surface area contributed by atoms with Crippen LogP contribution in [0.25, 0.3) is 22.4 Å². The van der Waals surface area contributed by atoms with Crippen LogP contribution in [0.1, 0.15) is 18.9 Å². The second kappa shape index (κ2) is 5.20. The lowest BCUT2D eigenvalue weighted by atomic mass is 10.1. The smallest absolute Gasteiger partial charge is 0.144 e. The Morgan fingerprint density at radius 3 is 2.81 bits per heavy atom. The maximum Gasteiger partial charge on any atom is 0.144 e. The third-order valence-corrected chi connectivity index (χ3v) is 3.64. The summed E-state index contributed by atoms with van der Waals surface area (Å²) in [5.74, 6) is 0.605. The van der Waals surface area contributed by atoms with Gasteiger partial charge in [0.15, 0.2) is 0 Å². The first-order valence-corrected chi connectivity index (χ1v) is 7.06. The van der Waals surface area contributed by atoms with E-state index in [0.29, 0.717) is 16.9 Å². The van der Waals surface area contributed by atoms with Gasteiger partial charge >= 0.3 is 0 Å². The predicted octanol–water partition coefficient (Wildman–Crippen LogP) is 4.27. The molecule has 0 spiro atoms. The fourth-order valence-electron chi connectivity index (χ4n) is 2.60. The molecule has 0 aliphatic heterocycles. The molecule has 1 heterocycles. The Labute approximate surface area is 122 Å². The van der Waals surface area contributed by atoms with Crippen LogP contribution >= 0.6 is 0 Å². The maximum atomic E-state index is 13.4. The van der Waals surface area contributed by atoms with Crippen LogP contribution in [0.3, 0.4) is 0 Å². The van der Waals surface area contributed by atoms with Crippen LogP contribution < -0.4 is 0 Å². The molecular formula is C17H17FN2O. The number of aryl methyl sites for hydroxylation is 2. The molecule has 0 bridgehead atoms. The highest BCUT2D eigenvalue weighted by Gasteiger charge is 2.16. The summed E-state index contributed by atoms with van der Waals surface area (Å²) in [5, 5.41) is 10.3. The zero-order valence-electron chi connectivity index (χ0n) is 12.1. The summed E-state index contributed by atoms with van der Waals surface area (Å²) in [7, 11) is 0. The molecule has 1 aromatic heterocycles. The van der Waals surface area contributed by atoms with Crippen molar-refractivity contribution in [3.63, 3.8) is 0 Å². The lowest BCUT2D eigenvalue weighted by Crippen LogP contribution is -2.00. The first-order valence-electron chi connectivity index (χ1n) is 7.06. The number of aromatic hydroxyl groups is 1. The van der Waals surface area contributed by atoms with E-state index >= 15 is 0 Å². The normalized spacial score (nSPS) is 11.2. The summed E-state index contributed by atoms with van der Waals surface area (Å²) in [6.07, 6.45) is 0.933. The first kappa shape index (κ1) is 13.6. The zero-order chi connectivity index (χ0) is 15.0. The summed E-state index contributed by atoms with van der Waals surface area (Å²) in [6, 6.07) is 10.2. The number of imidazole rings is 1. The molecule has 3 nitrogen and oxygen atoms in total. The highest BCUT2D eigenvalue weighted by atomic mass is 19.1. The van der Waals surface area contributed by atoms with E-state index in [9.17, 15) is 9.50 Å². The monoisotopic (exact) mass is 284 g/mol. The molecule has 1 N–H and O–H groups in total. The number of hydrogen-bond donors (Lipinski definition) is 1. The van der Waals surface area contributed by atoms with Crippen LogP contribution in [0.4, 0.5) is 4.39 Å². The van der Waals surface area contributed by atoms with Gasteiger partial charge in [0.25, 0.3) is 0 Å². The second-order valence-corrected chi connectivity index (χ2v) is 5.19. The zero-order valence-corrected chi connectivity index (χ0v) is 12.1. The minimum Gasteiger partial charge on any atom is -0.507 e. The number of phenolic OH excluding ortho intramolecular Hbond substituents is 1. The van der Waals surface area contributed by atoms with Crippen molar-refractivity contribution < 1.29 is 9.50 Å². The number of rotatable bonds is 3. The van der Waals surface area contributed by atoms with Crippen LogP contribution in [0, 0.1) is 12.7 Å². The van der Waals surface area contributed by atoms with Crippen LogP contribution in [-0.4, -0.2) is 14.7 Å². The minimum absolute atomic E-state index is 0.227. The highest BCUT2D eigenvalue weighted by Crippen LogP contribution is 2.33. The van der Waals surface area contributed by atoms with E-state index in [1.54, 1.807) is 6.07 Å². The summed E-state index contributed by atoms with van der Waals surface area (Å²) < 4.78 is 15.4. The van der Waals surface area contributed by atoms with E-state index in [0.717, 1.165) is 24.0 Å². The number of benzene rings is 2. The van der Waals surface area contributed by atoms with E-state index in [1.165, 1.54) is 12.1 Å². The quantitative estimate of drug-likeness (QED) is 0.780. The van der Waals surface area contributed by atoms with Crippen molar-refractivity contribution in [3.05, 3.63) is 47.8 Å². The molecule has 3 aromatic rings. The molecule has 0 amide bonds. The highest BCUT2D eigenvalue weighted by molar-refractivity contribution is 5.82. The summed E-state index contributed by atoms with van der Waals surface area (Å²) in [5.41, 5.74) is 2.97. The Balaban J connectivity index is 2.30. The van der Waals surface area contributed by atoms with Crippen molar-refractivity contribution in [3.8, 4) is 17.1 Å². The fraction of sp³-hybridized carbons (Fsp3) is 0.235. The molecular weight excluding hydrogens is 267 g/mol. The van der Waals surface area contributed by atoms with Gasteiger partial charge in [-0.2, -0.15) is 0 Å². The number of aromatic nitrogens is 2. The Bertz CT molecular complexity index is 808. The number of nitrogens with zero attached hydrogens (tertiary/aromatic N) is 2. The van der Waals surface area contributed by atoms with Crippen molar-refractivity contribution in [1.82, 2.24) is 9.55 Å². The molecule has 3 rings (SSSR count). The maximum absolute atomic E-state index is 13.4. The van der Waals surface area contributed by atoms with Gasteiger partial charge in [0.05, 0.1) is 16.6 Å². The molecule has 2 aromatic carbocycles. The van der Waals surface area contributed by atoms with Crippen molar-refractivity contribution in [2.24, 2.45) is 0 Å². The SMILES string of the molecule is CCCn1c(-c2cccc(C)c2O)nc2cc(F)ccc21. The van der Waals surface area contributed by atoms with Gasteiger partial charge in [-0.15, -0.1) is 0 Å². The van der Waals surface area contributed by atoms with Crippen molar-refractivity contribution >= 4 is 11.0 Å². The second-order valence-electron chi connectivity index (χ2n) is 5.19. The molecule has 108 valence electrons. The molecule has 0 saturated carbocycles. The topological polar surface area (TPSA) is 38.0 Å². The molecule has 0 radical (unpaired) electrons. The molecule has 0 fully saturated rings. The standard InChI is InChI=1S/C17H17FN2O/c1-3-9-20-15-8-7-12(18)10-14(15)19-17(20)13-6-4-5-11(2)16(13)21/h4-8,10,21H,3,9H2,1-2H3. The van der Waals surface area contributed by atoms with Crippen LogP contribution in [0.2, 0.25) is 0 Å².